The minimum atomic E-state index is -0.451. The molecule has 0 atom stereocenters. The van der Waals surface area contributed by atoms with Gasteiger partial charge in [-0.2, -0.15) is 0 Å². The van der Waals surface area contributed by atoms with E-state index < -0.39 is 6.03 Å². The Hall–Kier alpha value is -2.80. The summed E-state index contributed by atoms with van der Waals surface area (Å²) < 4.78 is 12.1. The Bertz CT molecular complexity index is 940. The SMILES string of the molecule is COc1cc(/C=C2/NC(=O)N(C)C2=O)c(Br)cc1OCc1cccc(C)c1. The van der Waals surface area contributed by atoms with Crippen LogP contribution in [0.2, 0.25) is 0 Å². The van der Waals surface area contributed by atoms with Crippen molar-refractivity contribution in [3.63, 3.8) is 0 Å². The zero-order valence-corrected chi connectivity index (χ0v) is 16.8. The van der Waals surface area contributed by atoms with E-state index in [-0.39, 0.29) is 11.6 Å². The van der Waals surface area contributed by atoms with Gasteiger partial charge in [0.25, 0.3) is 5.91 Å². The summed E-state index contributed by atoms with van der Waals surface area (Å²) in [5, 5.41) is 2.54. The second kappa shape index (κ2) is 7.84. The first-order valence-corrected chi connectivity index (χ1v) is 9.05. The summed E-state index contributed by atoms with van der Waals surface area (Å²) in [5.41, 5.74) is 3.12. The highest BCUT2D eigenvalue weighted by Crippen LogP contribution is 2.35. The molecule has 0 spiro atoms. The lowest BCUT2D eigenvalue weighted by Gasteiger charge is -2.13. The first-order chi connectivity index (χ1) is 12.9. The minimum absolute atomic E-state index is 0.207. The number of hydrogen-bond acceptors (Lipinski definition) is 4. The van der Waals surface area contributed by atoms with Crippen molar-refractivity contribution in [3.8, 4) is 11.5 Å². The van der Waals surface area contributed by atoms with Crippen molar-refractivity contribution in [2.24, 2.45) is 0 Å². The predicted octanol–water partition coefficient (Wildman–Crippen LogP) is 3.87. The normalized spacial score (nSPS) is 15.3. The predicted molar refractivity (Wildman–Crippen MR) is 105 cm³/mol. The van der Waals surface area contributed by atoms with E-state index in [0.717, 1.165) is 10.5 Å². The maximum Gasteiger partial charge on any atom is 0.328 e. The second-order valence-electron chi connectivity index (χ2n) is 6.15. The van der Waals surface area contributed by atoms with Crippen molar-refractivity contribution < 1.29 is 19.1 Å². The summed E-state index contributed by atoms with van der Waals surface area (Å²) in [4.78, 5) is 24.7. The van der Waals surface area contributed by atoms with Gasteiger partial charge in [0.2, 0.25) is 0 Å². The zero-order valence-electron chi connectivity index (χ0n) is 15.2. The lowest BCUT2D eigenvalue weighted by atomic mass is 10.1. The Kier molecular flexibility index (Phi) is 5.51. The monoisotopic (exact) mass is 430 g/mol. The fourth-order valence-corrected chi connectivity index (χ4v) is 3.11. The number of carbonyl (C=O) groups excluding carboxylic acids is 2. The topological polar surface area (TPSA) is 67.9 Å². The van der Waals surface area contributed by atoms with E-state index in [2.05, 4.69) is 27.3 Å². The van der Waals surface area contributed by atoms with Crippen molar-refractivity contribution in [2.75, 3.05) is 14.2 Å². The van der Waals surface area contributed by atoms with E-state index in [1.54, 1.807) is 25.3 Å². The van der Waals surface area contributed by atoms with Gasteiger partial charge in [0, 0.05) is 11.5 Å². The van der Waals surface area contributed by atoms with Gasteiger partial charge in [-0.1, -0.05) is 45.8 Å². The summed E-state index contributed by atoms with van der Waals surface area (Å²) in [5.74, 6) is 0.723. The smallest absolute Gasteiger partial charge is 0.328 e. The van der Waals surface area contributed by atoms with Gasteiger partial charge in [0.1, 0.15) is 12.3 Å². The first kappa shape index (κ1) is 19.0. The molecular formula is C20H19BrN2O4. The third-order valence-corrected chi connectivity index (χ3v) is 4.83. The molecule has 0 aliphatic carbocycles. The van der Waals surface area contributed by atoms with Crippen LogP contribution in [0.3, 0.4) is 0 Å². The zero-order chi connectivity index (χ0) is 19.6. The molecule has 6 nitrogen and oxygen atoms in total. The van der Waals surface area contributed by atoms with Crippen LogP contribution in [0.1, 0.15) is 16.7 Å². The number of amides is 3. The molecule has 140 valence electrons. The second-order valence-corrected chi connectivity index (χ2v) is 7.01. The highest BCUT2D eigenvalue weighted by Gasteiger charge is 2.30. The molecule has 2 aromatic carbocycles. The van der Waals surface area contributed by atoms with E-state index in [9.17, 15) is 9.59 Å². The third-order valence-electron chi connectivity index (χ3n) is 4.14. The van der Waals surface area contributed by atoms with Gasteiger partial charge >= 0.3 is 6.03 Å². The molecule has 0 saturated carbocycles. The molecule has 0 bridgehead atoms. The van der Waals surface area contributed by atoms with Crippen molar-refractivity contribution in [1.29, 1.82) is 0 Å². The van der Waals surface area contributed by atoms with Crippen LogP contribution in [0.5, 0.6) is 11.5 Å². The molecule has 7 heteroatoms. The van der Waals surface area contributed by atoms with E-state index in [1.807, 2.05) is 25.1 Å². The molecule has 1 N–H and O–H groups in total. The minimum Gasteiger partial charge on any atom is -0.493 e. The molecule has 1 saturated heterocycles. The number of hydrogen-bond donors (Lipinski definition) is 1. The van der Waals surface area contributed by atoms with Crippen LogP contribution in [-0.2, 0) is 11.4 Å². The number of nitrogens with one attached hydrogen (secondary N) is 1. The van der Waals surface area contributed by atoms with Crippen LogP contribution < -0.4 is 14.8 Å². The Morgan fingerprint density at radius 2 is 1.96 bits per heavy atom. The van der Waals surface area contributed by atoms with E-state index in [4.69, 9.17) is 9.47 Å². The highest BCUT2D eigenvalue weighted by molar-refractivity contribution is 9.10. The lowest BCUT2D eigenvalue weighted by molar-refractivity contribution is -0.121. The number of carbonyl (C=O) groups is 2. The summed E-state index contributed by atoms with van der Waals surface area (Å²) in [6.45, 7) is 2.44. The molecule has 1 fully saturated rings. The number of nitrogens with zero attached hydrogens (tertiary/aromatic N) is 1. The number of aryl methyl sites for hydroxylation is 1. The van der Waals surface area contributed by atoms with Gasteiger partial charge in [-0.05, 0) is 36.3 Å². The van der Waals surface area contributed by atoms with Gasteiger partial charge in [-0.25, -0.2) is 4.79 Å². The number of urea groups is 1. The molecule has 0 unspecified atom stereocenters. The standard InChI is InChI=1S/C20H19BrN2O4/c1-12-5-4-6-13(7-12)11-27-18-10-15(21)14(9-17(18)26-3)8-16-19(24)23(2)20(25)22-16/h4-10H,11H2,1-3H3,(H,22,25)/b16-8+. The van der Waals surface area contributed by atoms with E-state index >= 15 is 0 Å². The van der Waals surface area contributed by atoms with Crippen molar-refractivity contribution in [3.05, 3.63) is 63.3 Å². The van der Waals surface area contributed by atoms with Crippen LogP contribution >= 0.6 is 15.9 Å². The van der Waals surface area contributed by atoms with Crippen molar-refractivity contribution >= 4 is 33.9 Å². The first-order valence-electron chi connectivity index (χ1n) is 8.25. The quantitative estimate of drug-likeness (QED) is 0.577. The highest BCUT2D eigenvalue weighted by atomic mass is 79.9. The largest absolute Gasteiger partial charge is 0.493 e. The van der Waals surface area contributed by atoms with Crippen molar-refractivity contribution in [1.82, 2.24) is 10.2 Å². The molecule has 27 heavy (non-hydrogen) atoms. The molecule has 2 aromatic rings. The summed E-state index contributed by atoms with van der Waals surface area (Å²) in [6.07, 6.45) is 1.60. The number of methoxy groups -OCH3 is 1. The average Bonchev–Trinajstić information content (AvgIpc) is 2.88. The molecule has 1 heterocycles. The van der Waals surface area contributed by atoms with Gasteiger partial charge in [0.05, 0.1) is 7.11 Å². The van der Waals surface area contributed by atoms with Crippen LogP contribution in [0.4, 0.5) is 4.79 Å². The fourth-order valence-electron chi connectivity index (χ4n) is 2.68. The van der Waals surface area contributed by atoms with Crippen LogP contribution in [0.25, 0.3) is 6.08 Å². The summed E-state index contributed by atoms with van der Waals surface area (Å²) in [7, 11) is 2.98. The Morgan fingerprint density at radius 1 is 1.19 bits per heavy atom. The molecule has 0 aromatic heterocycles. The molecule has 1 aliphatic rings. The Labute approximate surface area is 165 Å². The third kappa shape index (κ3) is 4.14. The fraction of sp³-hybridized carbons (Fsp3) is 0.200. The van der Waals surface area contributed by atoms with Crippen LogP contribution in [0.15, 0.2) is 46.6 Å². The van der Waals surface area contributed by atoms with Gasteiger partial charge in [-0.15, -0.1) is 0 Å². The van der Waals surface area contributed by atoms with Crippen LogP contribution in [-0.4, -0.2) is 31.0 Å². The molecule has 3 rings (SSSR count). The Balaban J connectivity index is 1.85. The molecular weight excluding hydrogens is 412 g/mol. The number of ether oxygens (including phenoxy) is 2. The van der Waals surface area contributed by atoms with Crippen LogP contribution in [0, 0.1) is 6.92 Å². The van der Waals surface area contributed by atoms with Gasteiger partial charge in [-0.3, -0.25) is 9.69 Å². The number of rotatable bonds is 5. The maximum atomic E-state index is 12.0. The van der Waals surface area contributed by atoms with Gasteiger partial charge in [0.15, 0.2) is 11.5 Å². The van der Waals surface area contributed by atoms with Gasteiger partial charge < -0.3 is 14.8 Å². The number of likely N-dealkylation sites (N-methyl/N-ethyl adjacent to an activating group) is 1. The number of imide groups is 1. The number of halogens is 1. The molecule has 1 aliphatic heterocycles. The van der Waals surface area contributed by atoms with E-state index in [1.165, 1.54) is 12.6 Å². The maximum absolute atomic E-state index is 12.0. The average molecular weight is 431 g/mol. The molecule has 3 amide bonds. The van der Waals surface area contributed by atoms with Crippen molar-refractivity contribution in [2.45, 2.75) is 13.5 Å². The summed E-state index contributed by atoms with van der Waals surface area (Å²) >= 11 is 3.49. The summed E-state index contributed by atoms with van der Waals surface area (Å²) in [6, 6.07) is 11.2. The van der Waals surface area contributed by atoms with E-state index in [0.29, 0.717) is 28.1 Å². The Morgan fingerprint density at radius 3 is 2.59 bits per heavy atom. The molecule has 0 radical (unpaired) electrons. The lowest BCUT2D eigenvalue weighted by Crippen LogP contribution is -2.25. The number of benzene rings is 2.